The van der Waals surface area contributed by atoms with Crippen LogP contribution in [0, 0.1) is 0 Å². The fraction of sp³-hybridized carbons (Fsp3) is 0.286. The minimum absolute atomic E-state index is 0.308. The zero-order chi connectivity index (χ0) is 9.19. The fourth-order valence-electron chi connectivity index (χ4n) is 0.761. The fourth-order valence-corrected chi connectivity index (χ4v) is 1.26. The van der Waals surface area contributed by atoms with E-state index < -0.39 is 10.0 Å². The Morgan fingerprint density at radius 1 is 1.42 bits per heavy atom. The maximum atomic E-state index is 11.1. The van der Waals surface area contributed by atoms with E-state index in [0.717, 1.165) is 0 Å². The smallest absolute Gasteiger partial charge is 0.204 e. The molecule has 0 aliphatic carbocycles. The molecule has 1 atom stereocenters. The Morgan fingerprint density at radius 2 is 2.08 bits per heavy atom. The summed E-state index contributed by atoms with van der Waals surface area (Å²) < 4.78 is 22.4. The summed E-state index contributed by atoms with van der Waals surface area (Å²) in [5.41, 5.74) is 0. The highest BCUT2D eigenvalue weighted by Gasteiger charge is 2.17. The number of nitrogens with one attached hydrogen (secondary N) is 1. The summed E-state index contributed by atoms with van der Waals surface area (Å²) in [5.74, 6) is 0.514. The van der Waals surface area contributed by atoms with E-state index in [1.807, 2.05) is 0 Å². The van der Waals surface area contributed by atoms with E-state index in [4.69, 9.17) is 0 Å². The standard InChI is InChI=1S/C7H10N2O2S/c1-9(12(2,10)11)7-5-3-4-6-8-7/h3-6H,1-2H3/p+1. The first kappa shape index (κ1) is 9.15. The molecule has 0 aromatic carbocycles. The number of quaternary nitrogens is 1. The highest BCUT2D eigenvalue weighted by molar-refractivity contribution is 7.84. The van der Waals surface area contributed by atoms with E-state index >= 15 is 0 Å². The van der Waals surface area contributed by atoms with Crippen molar-refractivity contribution < 1.29 is 12.7 Å². The highest BCUT2D eigenvalue weighted by Crippen LogP contribution is 1.92. The van der Waals surface area contributed by atoms with E-state index in [9.17, 15) is 8.42 Å². The van der Waals surface area contributed by atoms with E-state index in [0.29, 0.717) is 10.1 Å². The quantitative estimate of drug-likeness (QED) is 0.658. The summed E-state index contributed by atoms with van der Waals surface area (Å²) >= 11 is 0. The van der Waals surface area contributed by atoms with Gasteiger partial charge in [0.15, 0.2) is 0 Å². The first-order valence-corrected chi connectivity index (χ1v) is 5.36. The van der Waals surface area contributed by atoms with Gasteiger partial charge in [0.1, 0.15) is 0 Å². The zero-order valence-electron chi connectivity index (χ0n) is 6.98. The van der Waals surface area contributed by atoms with Crippen LogP contribution in [0.15, 0.2) is 24.4 Å². The lowest BCUT2D eigenvalue weighted by molar-refractivity contribution is -0.666. The van der Waals surface area contributed by atoms with Gasteiger partial charge in [0.25, 0.3) is 10.0 Å². The molecule has 0 saturated carbocycles. The summed E-state index contributed by atoms with van der Waals surface area (Å²) in [6, 6.07) is 5.19. The molecule has 0 aliphatic rings. The molecule has 1 aromatic heterocycles. The summed E-state index contributed by atoms with van der Waals surface area (Å²) in [6.07, 6.45) is 2.75. The Kier molecular flexibility index (Phi) is 2.44. The third-order valence-corrected chi connectivity index (χ3v) is 2.90. The van der Waals surface area contributed by atoms with Crippen LogP contribution in [0.5, 0.6) is 0 Å². The molecule has 66 valence electrons. The molecular weight excluding hydrogens is 176 g/mol. The number of aromatic nitrogens is 1. The molecule has 0 radical (unpaired) electrons. The number of hydrogen-bond donors (Lipinski definition) is 1. The van der Waals surface area contributed by atoms with Crippen molar-refractivity contribution in [3.05, 3.63) is 24.4 Å². The predicted molar refractivity (Wildman–Crippen MR) is 45.6 cm³/mol. The summed E-state index contributed by atoms with van der Waals surface area (Å²) in [5, 5.41) is 0. The lowest BCUT2D eigenvalue weighted by Crippen LogP contribution is -3.06. The van der Waals surface area contributed by atoms with E-state index in [2.05, 4.69) is 4.98 Å². The molecule has 0 amide bonds. The summed E-state index contributed by atoms with van der Waals surface area (Å²) in [6.45, 7) is 0. The lowest BCUT2D eigenvalue weighted by Gasteiger charge is -2.07. The average Bonchev–Trinajstić information content (AvgIpc) is 2.03. The summed E-state index contributed by atoms with van der Waals surface area (Å²) in [4.78, 5) is 3.93. The molecule has 1 rings (SSSR count). The molecule has 0 spiro atoms. The van der Waals surface area contributed by atoms with Gasteiger partial charge < -0.3 is 0 Å². The van der Waals surface area contributed by atoms with Crippen molar-refractivity contribution in [2.75, 3.05) is 13.3 Å². The van der Waals surface area contributed by atoms with Crippen molar-refractivity contribution in [2.45, 2.75) is 0 Å². The predicted octanol–water partition coefficient (Wildman–Crippen LogP) is -0.813. The van der Waals surface area contributed by atoms with Gasteiger partial charge in [0, 0.05) is 12.3 Å². The van der Waals surface area contributed by atoms with Gasteiger partial charge in [-0.3, -0.25) is 0 Å². The van der Waals surface area contributed by atoms with Gasteiger partial charge in [-0.25, -0.2) is 4.98 Å². The second kappa shape index (κ2) is 3.20. The first-order chi connectivity index (χ1) is 5.52. The third-order valence-electron chi connectivity index (χ3n) is 1.58. The molecule has 0 aliphatic heterocycles. The van der Waals surface area contributed by atoms with E-state index in [-0.39, 0.29) is 0 Å². The Labute approximate surface area is 71.9 Å². The summed E-state index contributed by atoms with van der Waals surface area (Å²) in [7, 11) is -1.55. The number of sulfonamides is 1. The Hall–Kier alpha value is -0.940. The highest BCUT2D eigenvalue weighted by atomic mass is 32.2. The molecule has 4 nitrogen and oxygen atoms in total. The van der Waals surface area contributed by atoms with E-state index in [1.165, 1.54) is 6.26 Å². The maximum absolute atomic E-state index is 11.1. The van der Waals surface area contributed by atoms with E-state index in [1.54, 1.807) is 31.4 Å². The molecule has 0 bridgehead atoms. The molecular formula is C7H11N2O2S+. The van der Waals surface area contributed by atoms with Gasteiger partial charge in [-0.05, 0) is 6.07 Å². The van der Waals surface area contributed by atoms with Crippen LogP contribution in [-0.4, -0.2) is 26.7 Å². The largest absolute Gasteiger partial charge is 0.298 e. The van der Waals surface area contributed by atoms with Gasteiger partial charge in [0.2, 0.25) is 5.82 Å². The van der Waals surface area contributed by atoms with Crippen LogP contribution in [-0.2, 0) is 10.0 Å². The second-order valence-electron chi connectivity index (χ2n) is 2.54. The van der Waals surface area contributed by atoms with Gasteiger partial charge in [-0.2, -0.15) is 12.7 Å². The van der Waals surface area contributed by atoms with Crippen LogP contribution in [0.25, 0.3) is 0 Å². The molecule has 1 unspecified atom stereocenters. The van der Waals surface area contributed by atoms with Crippen molar-refractivity contribution in [2.24, 2.45) is 0 Å². The number of rotatable bonds is 2. The minimum atomic E-state index is -3.10. The molecule has 0 fully saturated rings. The van der Waals surface area contributed by atoms with Crippen LogP contribution in [0.1, 0.15) is 0 Å². The van der Waals surface area contributed by atoms with Gasteiger partial charge >= 0.3 is 0 Å². The Bertz CT molecular complexity index is 347. The normalized spacial score (nSPS) is 14.2. The molecule has 1 aromatic rings. The van der Waals surface area contributed by atoms with Crippen LogP contribution in [0.3, 0.4) is 0 Å². The van der Waals surface area contributed by atoms with Crippen molar-refractivity contribution in [3.8, 4) is 0 Å². The van der Waals surface area contributed by atoms with Crippen LogP contribution in [0.2, 0.25) is 0 Å². The average molecular weight is 187 g/mol. The minimum Gasteiger partial charge on any atom is -0.204 e. The first-order valence-electron chi connectivity index (χ1n) is 3.47. The number of hydrogen-bond acceptors (Lipinski definition) is 3. The zero-order valence-corrected chi connectivity index (χ0v) is 7.80. The number of pyridine rings is 1. The second-order valence-corrected chi connectivity index (χ2v) is 4.70. The lowest BCUT2D eigenvalue weighted by atomic mass is 10.5. The number of nitrogens with zero attached hydrogens (tertiary/aromatic N) is 1. The van der Waals surface area contributed by atoms with Crippen LogP contribution >= 0.6 is 0 Å². The Morgan fingerprint density at radius 3 is 2.50 bits per heavy atom. The Balaban J connectivity index is 3.02. The molecule has 5 heteroatoms. The van der Waals surface area contributed by atoms with Crippen LogP contribution < -0.4 is 4.31 Å². The monoisotopic (exact) mass is 187 g/mol. The van der Waals surface area contributed by atoms with Crippen molar-refractivity contribution in [1.29, 1.82) is 0 Å². The van der Waals surface area contributed by atoms with Gasteiger partial charge in [-0.1, -0.05) is 6.07 Å². The molecule has 1 heterocycles. The van der Waals surface area contributed by atoms with Gasteiger partial charge in [-0.15, -0.1) is 0 Å². The van der Waals surface area contributed by atoms with Gasteiger partial charge in [0.05, 0.1) is 13.3 Å². The molecule has 1 N–H and O–H groups in total. The van der Waals surface area contributed by atoms with Crippen molar-refractivity contribution >= 4 is 15.8 Å². The SMILES string of the molecule is C[NH+](c1ccccn1)S(C)(=O)=O. The third kappa shape index (κ3) is 2.02. The van der Waals surface area contributed by atoms with Crippen molar-refractivity contribution in [3.63, 3.8) is 0 Å². The maximum Gasteiger partial charge on any atom is 0.298 e. The molecule has 12 heavy (non-hydrogen) atoms. The van der Waals surface area contributed by atoms with Crippen molar-refractivity contribution in [1.82, 2.24) is 4.98 Å². The van der Waals surface area contributed by atoms with Crippen LogP contribution in [0.4, 0.5) is 5.82 Å². The topological polar surface area (TPSA) is 51.5 Å². The molecule has 0 saturated heterocycles.